The lowest BCUT2D eigenvalue weighted by Crippen LogP contribution is -2.42. The lowest BCUT2D eigenvalue weighted by molar-refractivity contribution is 0.0956. The van der Waals surface area contributed by atoms with Gasteiger partial charge in [-0.2, -0.15) is 0 Å². The summed E-state index contributed by atoms with van der Waals surface area (Å²) in [7, 11) is 0. The summed E-state index contributed by atoms with van der Waals surface area (Å²) >= 11 is 0. The Hall–Kier alpha value is -2.69. The van der Waals surface area contributed by atoms with E-state index in [0.29, 0.717) is 29.2 Å². The van der Waals surface area contributed by atoms with E-state index >= 15 is 0 Å². The maximum absolute atomic E-state index is 12.7. The van der Waals surface area contributed by atoms with E-state index in [-0.39, 0.29) is 17.8 Å². The third kappa shape index (κ3) is 2.57. The van der Waals surface area contributed by atoms with Crippen LogP contribution in [0.2, 0.25) is 0 Å². The van der Waals surface area contributed by atoms with E-state index in [9.17, 15) is 9.59 Å². The summed E-state index contributed by atoms with van der Waals surface area (Å²) in [5, 5.41) is 0. The maximum Gasteiger partial charge on any atom is 0.258 e. The van der Waals surface area contributed by atoms with Crippen molar-refractivity contribution in [2.45, 2.75) is 20.0 Å². The van der Waals surface area contributed by atoms with Crippen LogP contribution in [0.5, 0.6) is 5.88 Å². The molecule has 1 atom stereocenters. The Morgan fingerprint density at radius 2 is 1.86 bits per heavy atom. The molecule has 0 saturated heterocycles. The first-order chi connectivity index (χ1) is 10.6. The summed E-state index contributed by atoms with van der Waals surface area (Å²) in [5.74, 6) is 0.322. The molecule has 0 fully saturated rings. The lowest BCUT2D eigenvalue weighted by Gasteiger charge is -2.32. The van der Waals surface area contributed by atoms with Crippen LogP contribution in [0.4, 0.5) is 5.69 Å². The average Bonchev–Trinajstić information content (AvgIpc) is 2.53. The van der Waals surface area contributed by atoms with Gasteiger partial charge in [0.1, 0.15) is 11.8 Å². The number of aromatic nitrogens is 1. The number of amides is 1. The van der Waals surface area contributed by atoms with Crippen molar-refractivity contribution in [2.24, 2.45) is 0 Å². The number of carbonyl (C=O) groups excluding carboxylic acids is 2. The largest absolute Gasteiger partial charge is 0.471 e. The first kappa shape index (κ1) is 14.3. The molecule has 1 aliphatic rings. The van der Waals surface area contributed by atoms with Gasteiger partial charge in [-0.3, -0.25) is 14.5 Å². The van der Waals surface area contributed by atoms with Crippen LogP contribution >= 0.6 is 0 Å². The Labute approximate surface area is 128 Å². The van der Waals surface area contributed by atoms with Gasteiger partial charge in [-0.15, -0.1) is 0 Å². The molecular weight excluding hydrogens is 280 g/mol. The minimum Gasteiger partial charge on any atom is -0.471 e. The van der Waals surface area contributed by atoms with Crippen molar-refractivity contribution in [3.8, 4) is 5.88 Å². The van der Waals surface area contributed by atoms with Crippen molar-refractivity contribution < 1.29 is 14.3 Å². The van der Waals surface area contributed by atoms with Gasteiger partial charge < -0.3 is 4.74 Å². The van der Waals surface area contributed by atoms with E-state index < -0.39 is 0 Å². The number of rotatable bonds is 2. The number of hydrogen-bond acceptors (Lipinski definition) is 4. The van der Waals surface area contributed by atoms with Crippen LogP contribution in [0.15, 0.2) is 42.6 Å². The highest BCUT2D eigenvalue weighted by molar-refractivity contribution is 6.07. The number of pyridine rings is 1. The first-order valence-corrected chi connectivity index (χ1v) is 7.11. The van der Waals surface area contributed by atoms with Crippen molar-refractivity contribution in [3.63, 3.8) is 0 Å². The molecule has 1 unspecified atom stereocenters. The minimum atomic E-state index is -0.125. The number of ether oxygens (including phenoxy) is 1. The molecule has 0 N–H and O–H groups in total. The number of nitrogens with zero attached hydrogens (tertiary/aromatic N) is 2. The normalized spacial score (nSPS) is 16.6. The van der Waals surface area contributed by atoms with Crippen molar-refractivity contribution in [3.05, 3.63) is 53.7 Å². The first-order valence-electron chi connectivity index (χ1n) is 7.11. The standard InChI is InChI=1S/C17H16N2O3/c1-11-10-19(15-4-3-9-18-16(15)22-11)17(21)14-7-5-13(6-8-14)12(2)20/h3-9,11H,10H2,1-2H3. The summed E-state index contributed by atoms with van der Waals surface area (Å²) in [6.07, 6.45) is 1.52. The molecule has 0 saturated carbocycles. The summed E-state index contributed by atoms with van der Waals surface area (Å²) in [5.41, 5.74) is 1.80. The molecule has 0 bridgehead atoms. The molecule has 2 heterocycles. The van der Waals surface area contributed by atoms with Gasteiger partial charge in [0.2, 0.25) is 5.88 Å². The maximum atomic E-state index is 12.7. The Kier molecular flexibility index (Phi) is 3.63. The highest BCUT2D eigenvalue weighted by Crippen LogP contribution is 2.31. The van der Waals surface area contributed by atoms with Gasteiger partial charge in [0.25, 0.3) is 5.91 Å². The summed E-state index contributed by atoms with van der Waals surface area (Å²) in [6, 6.07) is 10.3. The molecule has 1 aromatic carbocycles. The van der Waals surface area contributed by atoms with Gasteiger partial charge in [0.05, 0.1) is 6.54 Å². The summed E-state index contributed by atoms with van der Waals surface area (Å²) in [4.78, 5) is 29.9. The van der Waals surface area contributed by atoms with Gasteiger partial charge in [0, 0.05) is 17.3 Å². The Morgan fingerprint density at radius 3 is 2.55 bits per heavy atom. The minimum absolute atomic E-state index is 0.0199. The van der Waals surface area contributed by atoms with Gasteiger partial charge in [-0.05, 0) is 38.1 Å². The molecule has 22 heavy (non-hydrogen) atoms. The molecule has 5 heteroatoms. The molecular formula is C17H16N2O3. The third-order valence-electron chi connectivity index (χ3n) is 3.58. The number of benzene rings is 1. The fourth-order valence-corrected chi connectivity index (χ4v) is 2.46. The van der Waals surface area contributed by atoms with E-state index in [1.54, 1.807) is 41.4 Å². The van der Waals surface area contributed by atoms with Crippen LogP contribution < -0.4 is 9.64 Å². The summed E-state index contributed by atoms with van der Waals surface area (Å²) < 4.78 is 5.65. The predicted molar refractivity (Wildman–Crippen MR) is 82.5 cm³/mol. The topological polar surface area (TPSA) is 59.5 Å². The van der Waals surface area contributed by atoms with Gasteiger partial charge in [-0.1, -0.05) is 12.1 Å². The van der Waals surface area contributed by atoms with E-state index in [1.165, 1.54) is 6.92 Å². The molecule has 3 rings (SSSR count). The second kappa shape index (κ2) is 5.60. The monoisotopic (exact) mass is 296 g/mol. The SMILES string of the molecule is CC(=O)c1ccc(C(=O)N2CC(C)Oc3ncccc32)cc1. The van der Waals surface area contributed by atoms with E-state index in [1.807, 2.05) is 13.0 Å². The zero-order valence-electron chi connectivity index (χ0n) is 12.4. The number of anilines is 1. The zero-order valence-corrected chi connectivity index (χ0v) is 12.4. The fraction of sp³-hybridized carbons (Fsp3) is 0.235. The van der Waals surface area contributed by atoms with E-state index in [0.717, 1.165) is 0 Å². The van der Waals surface area contributed by atoms with Crippen LogP contribution in [0, 0.1) is 0 Å². The molecule has 0 radical (unpaired) electrons. The second-order valence-corrected chi connectivity index (χ2v) is 5.31. The average molecular weight is 296 g/mol. The second-order valence-electron chi connectivity index (χ2n) is 5.31. The zero-order chi connectivity index (χ0) is 15.7. The number of hydrogen-bond donors (Lipinski definition) is 0. The predicted octanol–water partition coefficient (Wildman–Crippen LogP) is 2.71. The molecule has 2 aromatic rings. The Balaban J connectivity index is 1.93. The van der Waals surface area contributed by atoms with Crippen molar-refractivity contribution in [2.75, 3.05) is 11.4 Å². The lowest BCUT2D eigenvalue weighted by atomic mass is 10.1. The quantitative estimate of drug-likeness (QED) is 0.799. The number of Topliss-reactive ketones (excluding diaryl/α,β-unsaturated/α-hetero) is 1. The Morgan fingerprint density at radius 1 is 1.18 bits per heavy atom. The van der Waals surface area contributed by atoms with E-state index in [4.69, 9.17) is 4.74 Å². The van der Waals surface area contributed by atoms with Crippen LogP contribution in [-0.2, 0) is 0 Å². The fourth-order valence-electron chi connectivity index (χ4n) is 2.46. The van der Waals surface area contributed by atoms with Gasteiger partial charge >= 0.3 is 0 Å². The van der Waals surface area contributed by atoms with Crippen molar-refractivity contribution in [1.82, 2.24) is 4.98 Å². The number of carbonyl (C=O) groups is 2. The smallest absolute Gasteiger partial charge is 0.258 e. The van der Waals surface area contributed by atoms with E-state index in [2.05, 4.69) is 4.98 Å². The highest BCUT2D eigenvalue weighted by atomic mass is 16.5. The molecule has 5 nitrogen and oxygen atoms in total. The molecule has 112 valence electrons. The van der Waals surface area contributed by atoms with Gasteiger partial charge in [0.15, 0.2) is 5.78 Å². The van der Waals surface area contributed by atoms with Crippen molar-refractivity contribution in [1.29, 1.82) is 0 Å². The molecule has 0 spiro atoms. The third-order valence-corrected chi connectivity index (χ3v) is 3.58. The van der Waals surface area contributed by atoms with Crippen LogP contribution in [-0.4, -0.2) is 29.3 Å². The van der Waals surface area contributed by atoms with Crippen LogP contribution in [0.3, 0.4) is 0 Å². The molecule has 1 amide bonds. The highest BCUT2D eigenvalue weighted by Gasteiger charge is 2.29. The Bertz CT molecular complexity index is 725. The molecule has 1 aliphatic heterocycles. The van der Waals surface area contributed by atoms with Crippen LogP contribution in [0.1, 0.15) is 34.6 Å². The molecule has 0 aliphatic carbocycles. The number of fused-ring (bicyclic) bond motifs is 1. The summed E-state index contributed by atoms with van der Waals surface area (Å²) in [6.45, 7) is 3.87. The van der Waals surface area contributed by atoms with Crippen LogP contribution in [0.25, 0.3) is 0 Å². The number of ketones is 1. The molecule has 1 aromatic heterocycles. The van der Waals surface area contributed by atoms with Gasteiger partial charge in [-0.25, -0.2) is 4.98 Å². The van der Waals surface area contributed by atoms with Crippen molar-refractivity contribution >= 4 is 17.4 Å².